The summed E-state index contributed by atoms with van der Waals surface area (Å²) in [4.78, 5) is 36.7. The van der Waals surface area contributed by atoms with Crippen molar-refractivity contribution in [2.45, 2.75) is 26.7 Å². The largest absolute Gasteiger partial charge is 0.462 e. The molecule has 34 heavy (non-hydrogen) atoms. The number of rotatable bonds is 8. The quantitative estimate of drug-likeness (QED) is 0.302. The summed E-state index contributed by atoms with van der Waals surface area (Å²) in [6.07, 6.45) is 8.60. The normalized spacial score (nSPS) is 11.2. The van der Waals surface area contributed by atoms with Crippen molar-refractivity contribution in [3.05, 3.63) is 77.4 Å². The van der Waals surface area contributed by atoms with E-state index in [1.54, 1.807) is 31.3 Å². The number of ketones is 1. The fourth-order valence-corrected chi connectivity index (χ4v) is 3.47. The lowest BCUT2D eigenvalue weighted by Crippen LogP contribution is -2.06. The van der Waals surface area contributed by atoms with Gasteiger partial charge in [0, 0.05) is 42.4 Å². The molecule has 3 heterocycles. The summed E-state index contributed by atoms with van der Waals surface area (Å²) < 4.78 is 11.0. The molecule has 0 radical (unpaired) electrons. The number of esters is 1. The summed E-state index contributed by atoms with van der Waals surface area (Å²) in [7, 11) is 0. The summed E-state index contributed by atoms with van der Waals surface area (Å²) in [6, 6.07) is 9.29. The number of pyridine rings is 1. The van der Waals surface area contributed by atoms with Crippen LogP contribution in [-0.4, -0.2) is 33.3 Å². The number of aryl methyl sites for hydroxylation is 2. The number of allylic oxidation sites excluding steroid dienone is 1. The first-order valence-electron chi connectivity index (χ1n) is 10.9. The van der Waals surface area contributed by atoms with Gasteiger partial charge in [0.2, 0.25) is 0 Å². The average molecular weight is 457 g/mol. The van der Waals surface area contributed by atoms with Crippen LogP contribution in [0.15, 0.2) is 59.4 Å². The van der Waals surface area contributed by atoms with Crippen molar-refractivity contribution in [1.29, 1.82) is 0 Å². The minimum absolute atomic E-state index is 0.00946. The Bertz CT molecular complexity index is 1360. The van der Waals surface area contributed by atoms with Gasteiger partial charge in [-0.1, -0.05) is 0 Å². The molecule has 4 rings (SSSR count). The maximum absolute atomic E-state index is 12.3. The van der Waals surface area contributed by atoms with Crippen molar-refractivity contribution in [3.63, 3.8) is 0 Å². The predicted octanol–water partition coefficient (Wildman–Crippen LogP) is 4.57. The molecule has 2 N–H and O–H groups in total. The van der Waals surface area contributed by atoms with Crippen LogP contribution in [0.2, 0.25) is 0 Å². The van der Waals surface area contributed by atoms with Gasteiger partial charge < -0.3 is 14.9 Å². The highest BCUT2D eigenvalue weighted by Crippen LogP contribution is 2.29. The number of benzene rings is 1. The van der Waals surface area contributed by atoms with Gasteiger partial charge in [0.1, 0.15) is 17.2 Å². The zero-order valence-corrected chi connectivity index (χ0v) is 18.9. The Morgan fingerprint density at radius 2 is 1.88 bits per heavy atom. The number of furan rings is 1. The summed E-state index contributed by atoms with van der Waals surface area (Å²) in [5.41, 5.74) is 9.19. The minimum Gasteiger partial charge on any atom is -0.462 e. The molecule has 0 amide bonds. The number of aromatic nitrogens is 3. The zero-order chi connectivity index (χ0) is 24.1. The third kappa shape index (κ3) is 5.35. The molecule has 172 valence electrons. The van der Waals surface area contributed by atoms with Gasteiger partial charge in [0.25, 0.3) is 0 Å². The van der Waals surface area contributed by atoms with Crippen LogP contribution >= 0.6 is 0 Å². The Kier molecular flexibility index (Phi) is 6.77. The topological polar surface area (TPSA) is 121 Å². The Morgan fingerprint density at radius 1 is 1.09 bits per heavy atom. The van der Waals surface area contributed by atoms with E-state index >= 15 is 0 Å². The van der Waals surface area contributed by atoms with Crippen molar-refractivity contribution >= 4 is 34.6 Å². The fourth-order valence-electron chi connectivity index (χ4n) is 3.47. The van der Waals surface area contributed by atoms with E-state index in [0.29, 0.717) is 36.7 Å². The molecule has 0 saturated heterocycles. The second-order valence-corrected chi connectivity index (χ2v) is 7.76. The minimum atomic E-state index is -0.449. The van der Waals surface area contributed by atoms with Crippen molar-refractivity contribution in [2.24, 2.45) is 0 Å². The van der Waals surface area contributed by atoms with Gasteiger partial charge in [-0.2, -0.15) is 0 Å². The summed E-state index contributed by atoms with van der Waals surface area (Å²) in [5.74, 6) is 1.20. The Morgan fingerprint density at radius 3 is 2.59 bits per heavy atom. The van der Waals surface area contributed by atoms with Crippen LogP contribution in [-0.2, 0) is 16.0 Å². The van der Waals surface area contributed by atoms with Crippen LogP contribution in [0.5, 0.6) is 0 Å². The molecule has 4 aromatic rings. The molecule has 8 heteroatoms. The second kappa shape index (κ2) is 10.1. The van der Waals surface area contributed by atoms with Crippen molar-refractivity contribution in [3.8, 4) is 11.4 Å². The van der Waals surface area contributed by atoms with E-state index in [9.17, 15) is 9.59 Å². The van der Waals surface area contributed by atoms with Crippen molar-refractivity contribution in [1.82, 2.24) is 15.0 Å². The Hall–Kier alpha value is -4.33. The molecule has 0 spiro atoms. The molecular formula is C26H24N4O4. The van der Waals surface area contributed by atoms with Gasteiger partial charge in [0.05, 0.1) is 12.2 Å². The summed E-state index contributed by atoms with van der Waals surface area (Å²) >= 11 is 0. The molecule has 0 atom stereocenters. The van der Waals surface area contributed by atoms with E-state index in [1.165, 1.54) is 18.5 Å². The van der Waals surface area contributed by atoms with Crippen LogP contribution in [0.1, 0.15) is 40.6 Å². The lowest BCUT2D eigenvalue weighted by atomic mass is 10.1. The van der Waals surface area contributed by atoms with Crippen molar-refractivity contribution in [2.75, 3.05) is 12.3 Å². The molecule has 0 saturated carbocycles. The lowest BCUT2D eigenvalue weighted by molar-refractivity contribution is -0.114. The number of ether oxygens (including phenoxy) is 1. The van der Waals surface area contributed by atoms with Crippen LogP contribution in [0.25, 0.3) is 28.4 Å². The lowest BCUT2D eigenvalue weighted by Gasteiger charge is -2.04. The number of hydrogen-bond acceptors (Lipinski definition) is 8. The van der Waals surface area contributed by atoms with Gasteiger partial charge in [-0.05, 0) is 67.5 Å². The first kappa shape index (κ1) is 22.8. The number of carbonyl (C=O) groups excluding carboxylic acids is 2. The molecule has 0 unspecified atom stereocenters. The molecule has 0 aliphatic heterocycles. The Balaban J connectivity index is 1.45. The first-order valence-corrected chi connectivity index (χ1v) is 10.9. The van der Waals surface area contributed by atoms with E-state index in [-0.39, 0.29) is 5.78 Å². The first-order chi connectivity index (χ1) is 16.4. The molecular weight excluding hydrogens is 432 g/mol. The van der Waals surface area contributed by atoms with Gasteiger partial charge in [-0.3, -0.25) is 4.79 Å². The molecule has 0 aliphatic rings. The SMILES string of the molecule is CCOC(=O)c1cnc(-c2cc(C)c3oc(CCC(=O)/C=C/c4ccc(N)nc4)cc3c2)nc1. The highest BCUT2D eigenvalue weighted by Gasteiger charge is 2.13. The summed E-state index contributed by atoms with van der Waals surface area (Å²) in [6.45, 7) is 3.98. The standard InChI is InChI=1S/C26H24N4O4/c1-3-33-26(32)20-14-29-25(30-15-20)19-10-16(2)24-18(11-19)12-22(34-24)8-7-21(31)6-4-17-5-9-23(27)28-13-17/h4-6,9-15H,3,7-8H2,1-2H3,(H2,27,28)/b6-4+. The number of nitrogens with zero attached hydrogens (tertiary/aromatic N) is 3. The van der Waals surface area contributed by atoms with E-state index in [0.717, 1.165) is 33.4 Å². The monoisotopic (exact) mass is 456 g/mol. The van der Waals surface area contributed by atoms with Crippen LogP contribution in [0.3, 0.4) is 0 Å². The smallest absolute Gasteiger partial charge is 0.341 e. The Labute approximate surface area is 196 Å². The summed E-state index contributed by atoms with van der Waals surface area (Å²) in [5, 5.41) is 0.902. The molecule has 3 aromatic heterocycles. The zero-order valence-electron chi connectivity index (χ0n) is 18.9. The number of hydrogen-bond donors (Lipinski definition) is 1. The van der Waals surface area contributed by atoms with Gasteiger partial charge >= 0.3 is 5.97 Å². The van der Waals surface area contributed by atoms with Crippen molar-refractivity contribution < 1.29 is 18.7 Å². The van der Waals surface area contributed by atoms with Crippen LogP contribution < -0.4 is 5.73 Å². The molecule has 1 aromatic carbocycles. The second-order valence-electron chi connectivity index (χ2n) is 7.76. The number of carbonyl (C=O) groups is 2. The van der Waals surface area contributed by atoms with Gasteiger partial charge in [0.15, 0.2) is 11.6 Å². The van der Waals surface area contributed by atoms with Gasteiger partial charge in [-0.25, -0.2) is 19.7 Å². The van der Waals surface area contributed by atoms with Crippen LogP contribution in [0.4, 0.5) is 5.82 Å². The maximum Gasteiger partial charge on any atom is 0.341 e. The predicted molar refractivity (Wildman–Crippen MR) is 129 cm³/mol. The number of nitrogens with two attached hydrogens (primary N) is 1. The molecule has 8 nitrogen and oxygen atoms in total. The van der Waals surface area contributed by atoms with E-state index in [2.05, 4.69) is 15.0 Å². The number of anilines is 1. The van der Waals surface area contributed by atoms with Gasteiger partial charge in [-0.15, -0.1) is 0 Å². The number of fused-ring (bicyclic) bond motifs is 1. The third-order valence-electron chi connectivity index (χ3n) is 5.16. The van der Waals surface area contributed by atoms with Crippen LogP contribution in [0, 0.1) is 6.92 Å². The van der Waals surface area contributed by atoms with E-state index < -0.39 is 5.97 Å². The number of nitrogen functional groups attached to an aromatic ring is 1. The molecule has 0 aliphatic carbocycles. The van der Waals surface area contributed by atoms with E-state index in [1.807, 2.05) is 25.1 Å². The molecule has 0 fully saturated rings. The average Bonchev–Trinajstić information content (AvgIpc) is 3.26. The van der Waals surface area contributed by atoms with E-state index in [4.69, 9.17) is 14.9 Å². The third-order valence-corrected chi connectivity index (χ3v) is 5.16. The highest BCUT2D eigenvalue weighted by atomic mass is 16.5. The molecule has 0 bridgehead atoms. The maximum atomic E-state index is 12.3. The fraction of sp³-hybridized carbons (Fsp3) is 0.192. The highest BCUT2D eigenvalue weighted by molar-refractivity contribution is 5.94.